The maximum atomic E-state index is 11.6. The Kier molecular flexibility index (Phi) is 3.27. The Balaban J connectivity index is 2.44. The van der Waals surface area contributed by atoms with Crippen molar-refractivity contribution in [2.24, 2.45) is 7.05 Å². The number of aliphatic hydroxyl groups excluding tert-OH is 2. The van der Waals surface area contributed by atoms with Crippen LogP contribution >= 0.6 is 0 Å². The predicted octanol–water partition coefficient (Wildman–Crippen LogP) is -2.68. The van der Waals surface area contributed by atoms with E-state index in [9.17, 15) is 24.6 Å². The van der Waals surface area contributed by atoms with E-state index in [1.165, 1.54) is 7.05 Å². The highest BCUT2D eigenvalue weighted by Crippen LogP contribution is 2.31. The Labute approximate surface area is 105 Å². The summed E-state index contributed by atoms with van der Waals surface area (Å²) in [5.41, 5.74) is -1.58. The van der Waals surface area contributed by atoms with Crippen molar-refractivity contribution in [1.29, 1.82) is 0 Å². The number of aromatic amines is 1. The molecule has 1 aliphatic rings. The van der Waals surface area contributed by atoms with Gasteiger partial charge in [-0.3, -0.25) is 9.78 Å². The third-order valence-electron chi connectivity index (χ3n) is 2.95. The first-order chi connectivity index (χ1) is 8.82. The SMILES string of the molecule is Cn1cc([C@@H]2O[C@H](C(=O)O)[C@@H](O)[C@H]2O)c(=O)[nH]c1=O. The van der Waals surface area contributed by atoms with Crippen LogP contribution in [-0.2, 0) is 16.6 Å². The van der Waals surface area contributed by atoms with Crippen LogP contribution in [0.3, 0.4) is 0 Å². The molecule has 1 aliphatic heterocycles. The van der Waals surface area contributed by atoms with E-state index in [-0.39, 0.29) is 5.56 Å². The number of nitrogens with zero attached hydrogens (tertiary/aromatic N) is 1. The number of carboxylic acids is 1. The van der Waals surface area contributed by atoms with Gasteiger partial charge in [-0.1, -0.05) is 0 Å². The van der Waals surface area contributed by atoms with E-state index in [2.05, 4.69) is 0 Å². The first-order valence-electron chi connectivity index (χ1n) is 5.37. The average molecular weight is 272 g/mol. The fraction of sp³-hybridized carbons (Fsp3) is 0.500. The predicted molar refractivity (Wildman–Crippen MR) is 59.6 cm³/mol. The van der Waals surface area contributed by atoms with Gasteiger partial charge < -0.3 is 24.6 Å². The van der Waals surface area contributed by atoms with Crippen LogP contribution in [0, 0.1) is 0 Å². The molecule has 0 spiro atoms. The zero-order chi connectivity index (χ0) is 14.3. The van der Waals surface area contributed by atoms with Crippen LogP contribution in [0.25, 0.3) is 0 Å². The molecular formula is C10H12N2O7. The number of aryl methyl sites for hydroxylation is 1. The van der Waals surface area contributed by atoms with Crippen LogP contribution in [0.1, 0.15) is 11.7 Å². The van der Waals surface area contributed by atoms with Gasteiger partial charge >= 0.3 is 11.7 Å². The summed E-state index contributed by atoms with van der Waals surface area (Å²) in [5, 5.41) is 28.1. The first kappa shape index (κ1) is 13.5. The third-order valence-corrected chi connectivity index (χ3v) is 2.95. The number of carboxylic acid groups (broad SMARTS) is 1. The summed E-state index contributed by atoms with van der Waals surface area (Å²) in [6.07, 6.45) is -5.03. The van der Waals surface area contributed by atoms with Crippen LogP contribution in [0.2, 0.25) is 0 Å². The van der Waals surface area contributed by atoms with Gasteiger partial charge in [-0.2, -0.15) is 0 Å². The number of ether oxygens (including phenoxy) is 1. The van der Waals surface area contributed by atoms with Crippen molar-refractivity contribution in [3.8, 4) is 0 Å². The van der Waals surface area contributed by atoms with Gasteiger partial charge in [0.1, 0.15) is 18.3 Å². The van der Waals surface area contributed by atoms with E-state index in [0.29, 0.717) is 0 Å². The molecule has 0 radical (unpaired) electrons. The number of aliphatic hydroxyl groups is 2. The lowest BCUT2D eigenvalue weighted by atomic mass is 10.0. The highest BCUT2D eigenvalue weighted by molar-refractivity contribution is 5.73. The maximum absolute atomic E-state index is 11.6. The van der Waals surface area contributed by atoms with Gasteiger partial charge in [0, 0.05) is 13.2 Å². The summed E-state index contributed by atoms with van der Waals surface area (Å²) in [5.74, 6) is -1.45. The topological polar surface area (TPSA) is 142 Å². The zero-order valence-electron chi connectivity index (χ0n) is 9.81. The normalized spacial score (nSPS) is 30.5. The van der Waals surface area contributed by atoms with Crippen molar-refractivity contribution < 1.29 is 24.9 Å². The van der Waals surface area contributed by atoms with Gasteiger partial charge in [0.05, 0.1) is 5.56 Å². The van der Waals surface area contributed by atoms with Crippen LogP contribution in [0.15, 0.2) is 15.8 Å². The molecule has 2 heterocycles. The number of aromatic nitrogens is 2. The number of hydrogen-bond acceptors (Lipinski definition) is 6. The average Bonchev–Trinajstić information content (AvgIpc) is 2.62. The van der Waals surface area contributed by atoms with Crippen molar-refractivity contribution in [2.75, 3.05) is 0 Å². The van der Waals surface area contributed by atoms with E-state index < -0.39 is 41.6 Å². The van der Waals surface area contributed by atoms with Gasteiger partial charge in [0.25, 0.3) is 5.56 Å². The molecule has 0 aromatic carbocycles. The molecule has 0 unspecified atom stereocenters. The maximum Gasteiger partial charge on any atom is 0.335 e. The van der Waals surface area contributed by atoms with Crippen LogP contribution in [-0.4, -0.2) is 49.2 Å². The summed E-state index contributed by atoms with van der Waals surface area (Å²) < 4.78 is 6.02. The van der Waals surface area contributed by atoms with E-state index in [1.54, 1.807) is 0 Å². The van der Waals surface area contributed by atoms with Crippen LogP contribution in [0.4, 0.5) is 0 Å². The quantitative estimate of drug-likeness (QED) is 0.459. The molecule has 0 bridgehead atoms. The number of carbonyl (C=O) groups is 1. The zero-order valence-corrected chi connectivity index (χ0v) is 9.81. The molecule has 9 heteroatoms. The molecule has 0 aliphatic carbocycles. The summed E-state index contributed by atoms with van der Waals surface area (Å²) >= 11 is 0. The first-order valence-corrected chi connectivity index (χ1v) is 5.37. The molecule has 0 amide bonds. The van der Waals surface area contributed by atoms with Crippen molar-refractivity contribution in [3.05, 3.63) is 32.6 Å². The minimum absolute atomic E-state index is 0.127. The fourth-order valence-electron chi connectivity index (χ4n) is 1.92. The Morgan fingerprint density at radius 2 is 2.00 bits per heavy atom. The summed E-state index contributed by atoms with van der Waals surface area (Å²) in [7, 11) is 1.37. The van der Waals surface area contributed by atoms with Gasteiger partial charge in [0.15, 0.2) is 6.10 Å². The summed E-state index contributed by atoms with van der Waals surface area (Å²) in [4.78, 5) is 35.6. The van der Waals surface area contributed by atoms with Gasteiger partial charge in [-0.15, -0.1) is 0 Å². The van der Waals surface area contributed by atoms with Crippen LogP contribution < -0.4 is 11.2 Å². The van der Waals surface area contributed by atoms with Crippen molar-refractivity contribution in [2.45, 2.75) is 24.4 Å². The fourth-order valence-corrected chi connectivity index (χ4v) is 1.92. The molecule has 1 aromatic rings. The van der Waals surface area contributed by atoms with E-state index in [4.69, 9.17) is 9.84 Å². The standard InChI is InChI=1S/C10H12N2O7/c1-12-2-3(8(15)11-10(12)18)6-4(13)5(14)7(19-6)9(16)17/h2,4-7,13-14H,1H3,(H,16,17)(H,11,15,18)/t4-,5+,6+,7+/m1/s1. The van der Waals surface area contributed by atoms with E-state index in [1.807, 2.05) is 4.98 Å². The molecule has 19 heavy (non-hydrogen) atoms. The lowest BCUT2D eigenvalue weighted by molar-refractivity contribution is -0.153. The van der Waals surface area contributed by atoms with E-state index >= 15 is 0 Å². The lowest BCUT2D eigenvalue weighted by Gasteiger charge is -2.14. The third kappa shape index (κ3) is 2.18. The number of nitrogens with one attached hydrogen (secondary N) is 1. The smallest absolute Gasteiger partial charge is 0.335 e. The van der Waals surface area contributed by atoms with Gasteiger partial charge in [0.2, 0.25) is 0 Å². The second-order valence-electron chi connectivity index (χ2n) is 4.25. The summed E-state index contributed by atoms with van der Waals surface area (Å²) in [6, 6.07) is 0. The lowest BCUT2D eigenvalue weighted by Crippen LogP contribution is -2.36. The molecule has 0 saturated carbocycles. The molecule has 1 aromatic heterocycles. The minimum Gasteiger partial charge on any atom is -0.479 e. The number of H-pyrrole nitrogens is 1. The molecule has 1 fully saturated rings. The monoisotopic (exact) mass is 272 g/mol. The van der Waals surface area contributed by atoms with Crippen molar-refractivity contribution >= 4 is 5.97 Å². The Hall–Kier alpha value is -1.97. The highest BCUT2D eigenvalue weighted by Gasteiger charge is 2.48. The van der Waals surface area contributed by atoms with Gasteiger partial charge in [-0.05, 0) is 0 Å². The van der Waals surface area contributed by atoms with E-state index in [0.717, 1.165) is 10.8 Å². The van der Waals surface area contributed by atoms with Gasteiger partial charge in [-0.25, -0.2) is 9.59 Å². The Morgan fingerprint density at radius 1 is 1.37 bits per heavy atom. The van der Waals surface area contributed by atoms with Crippen molar-refractivity contribution in [1.82, 2.24) is 9.55 Å². The Morgan fingerprint density at radius 3 is 2.53 bits per heavy atom. The molecule has 4 N–H and O–H groups in total. The van der Waals surface area contributed by atoms with Crippen molar-refractivity contribution in [3.63, 3.8) is 0 Å². The highest BCUT2D eigenvalue weighted by atomic mass is 16.6. The number of aliphatic carboxylic acids is 1. The second kappa shape index (κ2) is 4.61. The second-order valence-corrected chi connectivity index (χ2v) is 4.25. The molecule has 1 saturated heterocycles. The molecule has 2 rings (SSSR count). The number of rotatable bonds is 2. The Bertz CT molecular complexity index is 619. The molecular weight excluding hydrogens is 260 g/mol. The largest absolute Gasteiger partial charge is 0.479 e. The van der Waals surface area contributed by atoms with Crippen LogP contribution in [0.5, 0.6) is 0 Å². The molecule has 9 nitrogen and oxygen atoms in total. The molecule has 4 atom stereocenters. The number of hydrogen-bond donors (Lipinski definition) is 4. The minimum atomic E-state index is -1.65. The molecule has 104 valence electrons. The summed E-state index contributed by atoms with van der Waals surface area (Å²) in [6.45, 7) is 0.